The van der Waals surface area contributed by atoms with Crippen LogP contribution >= 0.6 is 0 Å². The molecule has 0 saturated heterocycles. The van der Waals surface area contributed by atoms with Crippen LogP contribution in [0.4, 0.5) is 16.3 Å². The normalized spacial score (nSPS) is 11.1. The monoisotopic (exact) mass is 395 g/mol. The zero-order chi connectivity index (χ0) is 21.0. The molecule has 6 nitrogen and oxygen atoms in total. The van der Waals surface area contributed by atoms with Gasteiger partial charge in [0.15, 0.2) is 0 Å². The van der Waals surface area contributed by atoms with Crippen molar-refractivity contribution in [2.45, 2.75) is 12.5 Å². The number of benzene rings is 3. The van der Waals surface area contributed by atoms with E-state index in [-0.39, 0.29) is 0 Å². The average molecular weight is 395 g/mol. The lowest BCUT2D eigenvalue weighted by Gasteiger charge is -2.37. The number of carbonyl (C=O) groups excluding carboxylic acids is 1. The van der Waals surface area contributed by atoms with Gasteiger partial charge in [-0.2, -0.15) is 5.10 Å². The number of urea groups is 1. The molecule has 1 heterocycles. The van der Waals surface area contributed by atoms with Crippen molar-refractivity contribution in [2.24, 2.45) is 0 Å². The summed E-state index contributed by atoms with van der Waals surface area (Å²) in [6.45, 7) is 1.75. The van der Waals surface area contributed by atoms with Crippen molar-refractivity contribution in [3.8, 4) is 0 Å². The van der Waals surface area contributed by atoms with E-state index in [1.165, 1.54) is 0 Å². The summed E-state index contributed by atoms with van der Waals surface area (Å²) in [5.74, 6) is 0.492. The van der Waals surface area contributed by atoms with E-state index in [9.17, 15) is 10.5 Å². The number of H-pyrrole nitrogens is 1. The molecule has 0 aliphatic carbocycles. The molecule has 0 aliphatic heterocycles. The Bertz CT molecular complexity index is 1030. The van der Waals surface area contributed by atoms with Gasteiger partial charge in [-0.05, 0) is 23.6 Å². The number of aryl methyl sites for hydroxylation is 1. The number of hydrogen-bond donors (Lipinski definition) is 3. The molecule has 148 valence electrons. The minimum Gasteiger partial charge on any atom is -0.351 e. The minimum atomic E-state index is -1.15. The fraction of sp³-hybridized carbons (Fsp3) is 0.0833. The first-order valence-corrected chi connectivity index (χ1v) is 9.61. The van der Waals surface area contributed by atoms with Crippen LogP contribution in [0, 0.1) is 6.92 Å². The predicted molar refractivity (Wildman–Crippen MR) is 117 cm³/mol. The van der Waals surface area contributed by atoms with Gasteiger partial charge in [0.2, 0.25) is 0 Å². The molecule has 0 unspecified atom stereocenters. The molecule has 3 aromatic carbocycles. The van der Waals surface area contributed by atoms with Crippen LogP contribution in [0.25, 0.3) is 0 Å². The van der Waals surface area contributed by atoms with E-state index in [0.29, 0.717) is 17.2 Å². The maximum atomic E-state index is 11.4. The third-order valence-corrected chi connectivity index (χ3v) is 5.11. The maximum Gasteiger partial charge on any atom is 0.364 e. The first-order valence-electron chi connectivity index (χ1n) is 9.61. The van der Waals surface area contributed by atoms with Crippen LogP contribution in [0.3, 0.4) is 0 Å². The summed E-state index contributed by atoms with van der Waals surface area (Å²) >= 11 is 0. The fourth-order valence-corrected chi connectivity index (χ4v) is 3.75. The summed E-state index contributed by atoms with van der Waals surface area (Å²) in [5, 5.41) is 13.2. The molecule has 1 aromatic heterocycles. The lowest BCUT2D eigenvalue weighted by atomic mass is 9.77. The van der Waals surface area contributed by atoms with Gasteiger partial charge < -0.3 is 5.32 Å². The standard InChI is InChI=1S/C24H21N5O/c1-17-21(26-23(25)30)22(29-28-17)27-24(18-11-5-2-6-12-18,19-13-7-3-8-14-19)20-15-9-4-10-16-20/h2-16H,1H3,(H,26,30)(H2,27,28,29). The summed E-state index contributed by atoms with van der Waals surface area (Å²) in [6, 6.07) is 29.1. The highest BCUT2D eigenvalue weighted by Crippen LogP contribution is 2.41. The highest BCUT2D eigenvalue weighted by Gasteiger charge is 2.37. The molecular weight excluding hydrogens is 374 g/mol. The Balaban J connectivity index is 1.98. The van der Waals surface area contributed by atoms with E-state index in [2.05, 4.69) is 57.2 Å². The second kappa shape index (κ2) is 8.13. The largest absolute Gasteiger partial charge is 0.364 e. The Labute approximate surface area is 175 Å². The second-order valence-corrected chi connectivity index (χ2v) is 6.96. The van der Waals surface area contributed by atoms with Crippen molar-refractivity contribution >= 4 is 17.5 Å². The zero-order valence-corrected chi connectivity index (χ0v) is 16.5. The van der Waals surface area contributed by atoms with Gasteiger partial charge in [0.05, 0.1) is 5.69 Å². The van der Waals surface area contributed by atoms with E-state index >= 15 is 0 Å². The highest BCUT2D eigenvalue weighted by atomic mass is 16.2. The van der Waals surface area contributed by atoms with Gasteiger partial charge >= 0.3 is 6.03 Å². The number of carbonyl (C=O) groups is 1. The molecular formula is C24H21N5O. The molecule has 4 rings (SSSR count). The van der Waals surface area contributed by atoms with Crippen LogP contribution in [0.5, 0.6) is 0 Å². The van der Waals surface area contributed by atoms with Crippen molar-refractivity contribution in [1.82, 2.24) is 15.9 Å². The van der Waals surface area contributed by atoms with Gasteiger partial charge in [-0.15, -0.1) is 0 Å². The van der Waals surface area contributed by atoms with Gasteiger partial charge in [0, 0.05) is 0 Å². The topological polar surface area (TPSA) is 92.1 Å². The Hall–Kier alpha value is -4.06. The van der Waals surface area contributed by atoms with Crippen molar-refractivity contribution in [3.05, 3.63) is 113 Å². The number of aromatic nitrogens is 2. The smallest absolute Gasteiger partial charge is 0.351 e. The van der Waals surface area contributed by atoms with Crippen LogP contribution in [0.2, 0.25) is 0 Å². The summed E-state index contributed by atoms with van der Waals surface area (Å²) < 4.78 is 0. The number of hydrogen-bond acceptors (Lipinski definition) is 3. The molecule has 6 heteroatoms. The molecule has 3 N–H and O–H groups in total. The summed E-state index contributed by atoms with van der Waals surface area (Å²) in [7, 11) is 0. The van der Waals surface area contributed by atoms with Gasteiger partial charge in [0.1, 0.15) is 17.0 Å². The number of amides is 2. The Kier molecular flexibility index (Phi) is 5.22. The van der Waals surface area contributed by atoms with Gasteiger partial charge in [-0.3, -0.25) is 10.4 Å². The van der Waals surface area contributed by atoms with Crippen LogP contribution in [-0.4, -0.2) is 16.2 Å². The van der Waals surface area contributed by atoms with Crippen molar-refractivity contribution < 1.29 is 4.79 Å². The molecule has 2 amide bonds. The van der Waals surface area contributed by atoms with Crippen molar-refractivity contribution in [2.75, 3.05) is 10.6 Å². The molecule has 0 saturated carbocycles. The average Bonchev–Trinajstić information content (AvgIpc) is 3.12. The third-order valence-electron chi connectivity index (χ3n) is 5.11. The van der Waals surface area contributed by atoms with E-state index < -0.39 is 11.6 Å². The van der Waals surface area contributed by atoms with Crippen molar-refractivity contribution in [1.29, 1.82) is 0 Å². The molecule has 2 radical (unpaired) electrons. The number of anilines is 2. The predicted octanol–water partition coefficient (Wildman–Crippen LogP) is 4.72. The number of rotatable bonds is 6. The maximum absolute atomic E-state index is 11.4. The first-order chi connectivity index (χ1) is 14.6. The van der Waals surface area contributed by atoms with E-state index in [1.807, 2.05) is 54.6 Å². The molecule has 0 spiro atoms. The lowest BCUT2D eigenvalue weighted by Crippen LogP contribution is -2.38. The number of nitrogens with one attached hydrogen (secondary N) is 3. The molecule has 0 bridgehead atoms. The minimum absolute atomic E-state index is 0.398. The van der Waals surface area contributed by atoms with Crippen LogP contribution in [-0.2, 0) is 5.54 Å². The van der Waals surface area contributed by atoms with E-state index in [4.69, 9.17) is 0 Å². The zero-order valence-electron chi connectivity index (χ0n) is 16.5. The van der Waals surface area contributed by atoms with Crippen molar-refractivity contribution in [3.63, 3.8) is 0 Å². The van der Waals surface area contributed by atoms with Gasteiger partial charge in [0.25, 0.3) is 0 Å². The number of aromatic amines is 1. The Morgan fingerprint density at radius 3 is 1.67 bits per heavy atom. The third kappa shape index (κ3) is 3.51. The molecule has 0 fully saturated rings. The molecule has 0 aliphatic rings. The van der Waals surface area contributed by atoms with E-state index in [1.54, 1.807) is 6.92 Å². The quantitative estimate of drug-likeness (QED) is 0.412. The van der Waals surface area contributed by atoms with Gasteiger partial charge in [-0.25, -0.2) is 4.79 Å². The summed E-state index contributed by atoms with van der Waals surface area (Å²) in [6.07, 6.45) is 0. The lowest BCUT2D eigenvalue weighted by molar-refractivity contribution is 0.258. The van der Waals surface area contributed by atoms with Gasteiger partial charge in [-0.1, -0.05) is 96.7 Å². The SMILES string of the molecule is Cc1n[nH]c(NC(c2ccccc2)(c2ccccc2)c2ccccc2)c1NC([N])=O. The first kappa shape index (κ1) is 19.3. The van der Waals surface area contributed by atoms with E-state index in [0.717, 1.165) is 16.7 Å². The number of nitrogens with zero attached hydrogens (tertiary/aromatic N) is 2. The fourth-order valence-electron chi connectivity index (χ4n) is 3.75. The molecule has 4 aromatic rings. The highest BCUT2D eigenvalue weighted by molar-refractivity contribution is 5.92. The summed E-state index contributed by atoms with van der Waals surface area (Å²) in [5.41, 5.74) is 12.5. The Morgan fingerprint density at radius 2 is 1.27 bits per heavy atom. The second-order valence-electron chi connectivity index (χ2n) is 6.96. The molecule has 30 heavy (non-hydrogen) atoms. The van der Waals surface area contributed by atoms with Crippen LogP contribution in [0.15, 0.2) is 91.0 Å². The summed E-state index contributed by atoms with van der Waals surface area (Å²) in [4.78, 5) is 11.4. The Morgan fingerprint density at radius 1 is 0.833 bits per heavy atom. The van der Waals surface area contributed by atoms with Crippen LogP contribution in [0.1, 0.15) is 22.4 Å². The van der Waals surface area contributed by atoms with Crippen LogP contribution < -0.4 is 16.4 Å². The molecule has 0 atom stereocenters.